The van der Waals surface area contributed by atoms with Crippen molar-refractivity contribution in [3.63, 3.8) is 0 Å². The molecule has 4 nitrogen and oxygen atoms in total. The quantitative estimate of drug-likeness (QED) is 0.868. The molecule has 0 aromatic heterocycles. The van der Waals surface area contributed by atoms with Crippen LogP contribution in [0.3, 0.4) is 0 Å². The number of anilines is 1. The van der Waals surface area contributed by atoms with Gasteiger partial charge >= 0.3 is 0 Å². The van der Waals surface area contributed by atoms with E-state index < -0.39 is 5.82 Å². The summed E-state index contributed by atoms with van der Waals surface area (Å²) >= 11 is 0. The molecule has 0 aliphatic carbocycles. The normalized spacial score (nSPS) is 15.0. The van der Waals surface area contributed by atoms with E-state index in [9.17, 15) is 14.0 Å². The second-order valence-electron chi connectivity index (χ2n) is 6.29. The standard InChI is InChI=1S/C20H21FN2O2/c1-14(24)19-17(21)8-5-9-18(19)23-12-10-16(11-13-23)22-20(25)15-6-3-2-4-7-15/h2-9,16H,10-13H2,1H3,(H,22,25). The summed E-state index contributed by atoms with van der Waals surface area (Å²) in [5, 5.41) is 3.05. The van der Waals surface area contributed by atoms with E-state index in [0.29, 0.717) is 24.3 Å². The highest BCUT2D eigenvalue weighted by Gasteiger charge is 2.24. The minimum absolute atomic E-state index is 0.0748. The molecule has 2 aromatic carbocycles. The monoisotopic (exact) mass is 340 g/mol. The van der Waals surface area contributed by atoms with Gasteiger partial charge in [-0.1, -0.05) is 24.3 Å². The van der Waals surface area contributed by atoms with Crippen LogP contribution in [0.2, 0.25) is 0 Å². The number of carbonyl (C=O) groups is 2. The Kier molecular flexibility index (Phi) is 5.12. The van der Waals surface area contributed by atoms with E-state index in [4.69, 9.17) is 0 Å². The maximum Gasteiger partial charge on any atom is 0.251 e. The third-order valence-electron chi connectivity index (χ3n) is 4.55. The first kappa shape index (κ1) is 17.1. The molecule has 25 heavy (non-hydrogen) atoms. The second kappa shape index (κ2) is 7.47. The van der Waals surface area contributed by atoms with E-state index in [1.807, 2.05) is 23.1 Å². The Morgan fingerprint density at radius 1 is 1.04 bits per heavy atom. The molecule has 1 aliphatic heterocycles. The Labute approximate surface area is 146 Å². The zero-order valence-electron chi connectivity index (χ0n) is 14.2. The van der Waals surface area contributed by atoms with Crippen LogP contribution in [0.5, 0.6) is 0 Å². The van der Waals surface area contributed by atoms with Crippen molar-refractivity contribution in [3.8, 4) is 0 Å². The highest BCUT2D eigenvalue weighted by molar-refractivity contribution is 6.00. The van der Waals surface area contributed by atoms with Gasteiger partial charge in [0.25, 0.3) is 5.91 Å². The fraction of sp³-hybridized carbons (Fsp3) is 0.300. The number of Topliss-reactive ketones (excluding diaryl/α,β-unsaturated/α-hetero) is 1. The predicted octanol–water partition coefficient (Wildman–Crippen LogP) is 3.43. The van der Waals surface area contributed by atoms with E-state index in [1.165, 1.54) is 13.0 Å². The summed E-state index contributed by atoms with van der Waals surface area (Å²) in [7, 11) is 0. The van der Waals surface area contributed by atoms with Crippen LogP contribution in [-0.4, -0.2) is 30.8 Å². The van der Waals surface area contributed by atoms with Crippen molar-refractivity contribution in [2.24, 2.45) is 0 Å². The molecule has 1 amide bonds. The van der Waals surface area contributed by atoms with Gasteiger partial charge in [0.15, 0.2) is 5.78 Å². The Bertz CT molecular complexity index is 769. The number of nitrogens with one attached hydrogen (secondary N) is 1. The summed E-state index contributed by atoms with van der Waals surface area (Å²) in [5.41, 5.74) is 1.43. The third kappa shape index (κ3) is 3.87. The lowest BCUT2D eigenvalue weighted by Gasteiger charge is -2.34. The molecule has 1 saturated heterocycles. The average Bonchev–Trinajstić information content (AvgIpc) is 2.62. The molecule has 0 atom stereocenters. The van der Waals surface area contributed by atoms with Crippen molar-refractivity contribution in [2.75, 3.05) is 18.0 Å². The van der Waals surface area contributed by atoms with Crippen molar-refractivity contribution in [2.45, 2.75) is 25.8 Å². The molecule has 5 heteroatoms. The number of rotatable bonds is 4. The van der Waals surface area contributed by atoms with Gasteiger partial charge in [-0.2, -0.15) is 0 Å². The molecule has 0 spiro atoms. The molecular weight excluding hydrogens is 319 g/mol. The largest absolute Gasteiger partial charge is 0.371 e. The fourth-order valence-electron chi connectivity index (χ4n) is 3.25. The molecule has 3 rings (SSSR count). The van der Waals surface area contributed by atoms with Crippen molar-refractivity contribution in [1.29, 1.82) is 0 Å². The first-order valence-electron chi connectivity index (χ1n) is 8.46. The van der Waals surface area contributed by atoms with Gasteiger partial charge in [-0.25, -0.2) is 4.39 Å². The summed E-state index contributed by atoms with van der Waals surface area (Å²) in [6.07, 6.45) is 1.51. The number of amides is 1. The van der Waals surface area contributed by atoms with Crippen LogP contribution in [-0.2, 0) is 0 Å². The third-order valence-corrected chi connectivity index (χ3v) is 4.55. The van der Waals surface area contributed by atoms with E-state index in [1.54, 1.807) is 24.3 Å². The summed E-state index contributed by atoms with van der Waals surface area (Å²) < 4.78 is 14.0. The topological polar surface area (TPSA) is 49.4 Å². The van der Waals surface area contributed by atoms with Crippen LogP contribution >= 0.6 is 0 Å². The fourth-order valence-corrected chi connectivity index (χ4v) is 3.25. The Morgan fingerprint density at radius 3 is 2.36 bits per heavy atom. The summed E-state index contributed by atoms with van der Waals surface area (Å²) in [6, 6.07) is 13.9. The lowest BCUT2D eigenvalue weighted by molar-refractivity contribution is 0.0930. The lowest BCUT2D eigenvalue weighted by Crippen LogP contribution is -2.45. The molecule has 130 valence electrons. The molecule has 2 aromatic rings. The van der Waals surface area contributed by atoms with E-state index in [2.05, 4.69) is 5.32 Å². The second-order valence-corrected chi connectivity index (χ2v) is 6.29. The number of carbonyl (C=O) groups excluding carboxylic acids is 2. The number of halogens is 1. The van der Waals surface area contributed by atoms with Gasteiger partial charge in [0.05, 0.1) is 11.3 Å². The predicted molar refractivity (Wildman–Crippen MR) is 95.5 cm³/mol. The van der Waals surface area contributed by atoms with Crippen LogP contribution in [0.25, 0.3) is 0 Å². The smallest absolute Gasteiger partial charge is 0.251 e. The highest BCUT2D eigenvalue weighted by atomic mass is 19.1. The molecular formula is C20H21FN2O2. The number of piperidine rings is 1. The maximum absolute atomic E-state index is 14.0. The van der Waals surface area contributed by atoms with E-state index in [-0.39, 0.29) is 23.3 Å². The number of nitrogens with zero attached hydrogens (tertiary/aromatic N) is 1. The lowest BCUT2D eigenvalue weighted by atomic mass is 10.0. The number of ketones is 1. The maximum atomic E-state index is 14.0. The molecule has 1 aliphatic rings. The van der Waals surface area contributed by atoms with Crippen LogP contribution < -0.4 is 10.2 Å². The minimum atomic E-state index is -0.482. The first-order valence-corrected chi connectivity index (χ1v) is 8.46. The zero-order valence-corrected chi connectivity index (χ0v) is 14.2. The number of hydrogen-bond donors (Lipinski definition) is 1. The van der Waals surface area contributed by atoms with Gasteiger partial charge in [0.2, 0.25) is 0 Å². The van der Waals surface area contributed by atoms with E-state index >= 15 is 0 Å². The van der Waals surface area contributed by atoms with E-state index in [0.717, 1.165) is 12.8 Å². The first-order chi connectivity index (χ1) is 12.1. The molecule has 0 unspecified atom stereocenters. The Balaban J connectivity index is 1.64. The molecule has 0 radical (unpaired) electrons. The highest BCUT2D eigenvalue weighted by Crippen LogP contribution is 2.26. The Morgan fingerprint density at radius 2 is 1.72 bits per heavy atom. The van der Waals surface area contributed by atoms with Gasteiger partial charge in [0.1, 0.15) is 5.82 Å². The van der Waals surface area contributed by atoms with Gasteiger partial charge in [-0.3, -0.25) is 9.59 Å². The number of hydrogen-bond acceptors (Lipinski definition) is 3. The minimum Gasteiger partial charge on any atom is -0.371 e. The van der Waals surface area contributed by atoms with Gasteiger partial charge in [-0.05, 0) is 44.0 Å². The summed E-state index contributed by atoms with van der Waals surface area (Å²) in [5.74, 6) is -0.827. The van der Waals surface area contributed by atoms with Crippen LogP contribution in [0, 0.1) is 5.82 Å². The van der Waals surface area contributed by atoms with Crippen molar-refractivity contribution < 1.29 is 14.0 Å². The zero-order chi connectivity index (χ0) is 17.8. The molecule has 1 heterocycles. The average molecular weight is 340 g/mol. The van der Waals surface area contributed by atoms with Crippen LogP contribution in [0.1, 0.15) is 40.5 Å². The van der Waals surface area contributed by atoms with Gasteiger partial charge in [-0.15, -0.1) is 0 Å². The summed E-state index contributed by atoms with van der Waals surface area (Å²) in [4.78, 5) is 26.0. The molecule has 1 N–H and O–H groups in total. The van der Waals surface area contributed by atoms with Gasteiger partial charge < -0.3 is 10.2 Å². The summed E-state index contributed by atoms with van der Waals surface area (Å²) in [6.45, 7) is 2.72. The van der Waals surface area contributed by atoms with Gasteiger partial charge in [0, 0.05) is 24.7 Å². The number of benzene rings is 2. The molecule has 1 fully saturated rings. The Hall–Kier alpha value is -2.69. The van der Waals surface area contributed by atoms with Crippen LogP contribution in [0.15, 0.2) is 48.5 Å². The molecule has 0 bridgehead atoms. The molecule has 0 saturated carbocycles. The SMILES string of the molecule is CC(=O)c1c(F)cccc1N1CCC(NC(=O)c2ccccc2)CC1. The van der Waals surface area contributed by atoms with Crippen LogP contribution in [0.4, 0.5) is 10.1 Å². The van der Waals surface area contributed by atoms with Crippen molar-refractivity contribution in [1.82, 2.24) is 5.32 Å². The van der Waals surface area contributed by atoms with Crippen molar-refractivity contribution in [3.05, 3.63) is 65.5 Å². The van der Waals surface area contributed by atoms with Crippen molar-refractivity contribution >= 4 is 17.4 Å².